The van der Waals surface area contributed by atoms with Gasteiger partial charge in [0.15, 0.2) is 6.61 Å². The molecule has 1 amide bonds. The first-order valence-corrected chi connectivity index (χ1v) is 12.5. The van der Waals surface area contributed by atoms with Gasteiger partial charge in [0.1, 0.15) is 11.5 Å². The summed E-state index contributed by atoms with van der Waals surface area (Å²) in [7, 11) is 1.63. The molecule has 7 nitrogen and oxygen atoms in total. The first-order chi connectivity index (χ1) is 17.1. The van der Waals surface area contributed by atoms with E-state index in [1.165, 1.54) is 11.3 Å². The minimum absolute atomic E-state index is 0.0199. The van der Waals surface area contributed by atoms with Crippen LogP contribution >= 0.6 is 27.3 Å². The Balaban J connectivity index is 1.59. The highest BCUT2D eigenvalue weighted by atomic mass is 79.9. The highest BCUT2D eigenvalue weighted by Crippen LogP contribution is 2.33. The number of halogens is 1. The molecule has 2 heterocycles. The molecule has 3 aromatic carbocycles. The van der Waals surface area contributed by atoms with Crippen LogP contribution in [0.5, 0.6) is 11.5 Å². The SMILES string of the molecule is COc1ccc(Br)cc1C=Nn1c(-c2ccc3c(c2)NC(=O)CO3)csc1=NCc1ccccc1. The van der Waals surface area contributed by atoms with Gasteiger partial charge in [-0.25, -0.2) is 4.68 Å². The van der Waals surface area contributed by atoms with Crippen LogP contribution in [0.2, 0.25) is 0 Å². The highest BCUT2D eigenvalue weighted by molar-refractivity contribution is 9.10. The zero-order valence-corrected chi connectivity index (χ0v) is 21.2. The summed E-state index contributed by atoms with van der Waals surface area (Å²) in [6, 6.07) is 21.5. The molecule has 0 atom stereocenters. The molecule has 35 heavy (non-hydrogen) atoms. The highest BCUT2D eigenvalue weighted by Gasteiger charge is 2.18. The number of nitrogens with one attached hydrogen (secondary N) is 1. The summed E-state index contributed by atoms with van der Waals surface area (Å²) < 4.78 is 13.7. The molecule has 0 spiro atoms. The zero-order chi connectivity index (χ0) is 24.2. The lowest BCUT2D eigenvalue weighted by Crippen LogP contribution is -2.25. The zero-order valence-electron chi connectivity index (χ0n) is 18.8. The predicted octanol–water partition coefficient (Wildman–Crippen LogP) is 5.30. The number of nitrogens with zero attached hydrogens (tertiary/aromatic N) is 3. The van der Waals surface area contributed by atoms with E-state index in [2.05, 4.69) is 21.2 Å². The maximum absolute atomic E-state index is 11.8. The van der Waals surface area contributed by atoms with Crippen molar-refractivity contribution in [1.82, 2.24) is 4.68 Å². The molecule has 0 aliphatic carbocycles. The number of methoxy groups -OCH3 is 1. The number of rotatable bonds is 6. The van der Waals surface area contributed by atoms with E-state index in [0.29, 0.717) is 23.7 Å². The van der Waals surface area contributed by atoms with E-state index < -0.39 is 0 Å². The Morgan fingerprint density at radius 2 is 2.03 bits per heavy atom. The third-order valence-electron chi connectivity index (χ3n) is 5.34. The fraction of sp³-hybridized carbons (Fsp3) is 0.115. The number of fused-ring (bicyclic) bond motifs is 1. The van der Waals surface area contributed by atoms with Gasteiger partial charge in [-0.3, -0.25) is 9.79 Å². The van der Waals surface area contributed by atoms with E-state index >= 15 is 0 Å². The molecule has 5 rings (SSSR count). The summed E-state index contributed by atoms with van der Waals surface area (Å²) in [5.74, 6) is 1.18. The van der Waals surface area contributed by atoms with Crippen LogP contribution in [-0.2, 0) is 11.3 Å². The molecule has 176 valence electrons. The van der Waals surface area contributed by atoms with Gasteiger partial charge in [-0.05, 0) is 42.0 Å². The average molecular weight is 549 g/mol. The smallest absolute Gasteiger partial charge is 0.262 e. The van der Waals surface area contributed by atoms with Crippen LogP contribution in [0.1, 0.15) is 11.1 Å². The van der Waals surface area contributed by atoms with Crippen LogP contribution in [0.3, 0.4) is 0 Å². The van der Waals surface area contributed by atoms with Crippen molar-refractivity contribution >= 4 is 45.1 Å². The Labute approximate surface area is 214 Å². The second-order valence-corrected chi connectivity index (χ2v) is 9.45. The van der Waals surface area contributed by atoms with Gasteiger partial charge in [0, 0.05) is 21.0 Å². The van der Waals surface area contributed by atoms with E-state index in [0.717, 1.165) is 31.7 Å². The minimum Gasteiger partial charge on any atom is -0.496 e. The summed E-state index contributed by atoms with van der Waals surface area (Å²) >= 11 is 5.01. The van der Waals surface area contributed by atoms with Crippen LogP contribution in [0.4, 0.5) is 5.69 Å². The number of ether oxygens (including phenoxy) is 2. The van der Waals surface area contributed by atoms with E-state index in [1.54, 1.807) is 18.0 Å². The van der Waals surface area contributed by atoms with Crippen LogP contribution in [0.15, 0.2) is 86.7 Å². The van der Waals surface area contributed by atoms with Gasteiger partial charge in [0.25, 0.3) is 5.91 Å². The van der Waals surface area contributed by atoms with E-state index in [1.807, 2.05) is 72.1 Å². The third-order valence-corrected chi connectivity index (χ3v) is 6.68. The lowest BCUT2D eigenvalue weighted by atomic mass is 10.1. The van der Waals surface area contributed by atoms with Gasteiger partial charge in [-0.1, -0.05) is 46.3 Å². The van der Waals surface area contributed by atoms with Gasteiger partial charge in [0.2, 0.25) is 4.80 Å². The van der Waals surface area contributed by atoms with Crippen molar-refractivity contribution in [2.75, 3.05) is 19.0 Å². The molecule has 0 unspecified atom stereocenters. The molecule has 4 aromatic rings. The molecular formula is C26H21BrN4O3S. The summed E-state index contributed by atoms with van der Waals surface area (Å²) in [4.78, 5) is 17.4. The Bertz CT molecular complexity index is 1480. The van der Waals surface area contributed by atoms with Crippen molar-refractivity contribution in [3.05, 3.63) is 92.5 Å². The lowest BCUT2D eigenvalue weighted by molar-refractivity contribution is -0.118. The molecular weight excluding hydrogens is 528 g/mol. The number of thiazole rings is 1. The average Bonchev–Trinajstić information content (AvgIpc) is 3.29. The molecule has 0 bridgehead atoms. The molecule has 0 saturated heterocycles. The van der Waals surface area contributed by atoms with Crippen molar-refractivity contribution in [2.24, 2.45) is 10.1 Å². The Hall–Kier alpha value is -3.69. The van der Waals surface area contributed by atoms with E-state index in [-0.39, 0.29) is 12.5 Å². The number of carbonyl (C=O) groups is 1. The Morgan fingerprint density at radius 1 is 1.17 bits per heavy atom. The standard InChI is InChI=1S/C26H21BrN4O3S/c1-33-23-10-8-20(27)11-19(23)14-29-31-22(16-35-26(31)28-13-17-5-3-2-4-6-17)18-7-9-24-21(12-18)30-25(32)15-34-24/h2-12,14,16H,13,15H2,1H3,(H,30,32). The molecule has 0 radical (unpaired) electrons. The Kier molecular flexibility index (Phi) is 6.78. The normalized spacial score (nSPS) is 13.4. The van der Waals surface area contributed by atoms with Gasteiger partial charge in [0.05, 0.1) is 31.3 Å². The number of aromatic nitrogens is 1. The van der Waals surface area contributed by atoms with Crippen molar-refractivity contribution in [3.63, 3.8) is 0 Å². The second-order valence-electron chi connectivity index (χ2n) is 7.70. The molecule has 0 saturated carbocycles. The summed E-state index contributed by atoms with van der Waals surface area (Å²) in [6.45, 7) is 0.552. The minimum atomic E-state index is -0.175. The van der Waals surface area contributed by atoms with E-state index in [4.69, 9.17) is 19.6 Å². The van der Waals surface area contributed by atoms with Gasteiger partial charge in [-0.15, -0.1) is 11.3 Å². The van der Waals surface area contributed by atoms with Crippen LogP contribution < -0.4 is 19.6 Å². The van der Waals surface area contributed by atoms with E-state index in [9.17, 15) is 4.79 Å². The third kappa shape index (κ3) is 5.21. The summed E-state index contributed by atoms with van der Waals surface area (Å²) in [5, 5.41) is 9.67. The molecule has 1 aliphatic heterocycles. The van der Waals surface area contributed by atoms with Crippen molar-refractivity contribution < 1.29 is 14.3 Å². The number of amides is 1. The number of anilines is 1. The fourth-order valence-electron chi connectivity index (χ4n) is 3.63. The molecule has 1 aliphatic rings. The monoisotopic (exact) mass is 548 g/mol. The molecule has 9 heteroatoms. The quantitative estimate of drug-likeness (QED) is 0.332. The molecule has 1 N–H and O–H groups in total. The summed E-state index contributed by atoms with van der Waals surface area (Å²) in [5.41, 5.74) is 4.30. The maximum atomic E-state index is 11.8. The summed E-state index contributed by atoms with van der Waals surface area (Å²) in [6.07, 6.45) is 1.75. The number of benzene rings is 3. The molecule has 1 aromatic heterocycles. The topological polar surface area (TPSA) is 77.2 Å². The number of carbonyl (C=O) groups excluding carboxylic acids is 1. The Morgan fingerprint density at radius 3 is 2.86 bits per heavy atom. The van der Waals surface area contributed by atoms with Crippen LogP contribution in [0, 0.1) is 0 Å². The van der Waals surface area contributed by atoms with Gasteiger partial charge < -0.3 is 14.8 Å². The van der Waals surface area contributed by atoms with Crippen molar-refractivity contribution in [1.29, 1.82) is 0 Å². The first-order valence-electron chi connectivity index (χ1n) is 10.8. The predicted molar refractivity (Wildman–Crippen MR) is 141 cm³/mol. The molecule has 0 fully saturated rings. The van der Waals surface area contributed by atoms with Crippen LogP contribution in [0.25, 0.3) is 11.3 Å². The van der Waals surface area contributed by atoms with Gasteiger partial charge in [-0.2, -0.15) is 5.10 Å². The number of hydrogen-bond acceptors (Lipinski definition) is 6. The lowest BCUT2D eigenvalue weighted by Gasteiger charge is -2.18. The second kappa shape index (κ2) is 10.3. The largest absolute Gasteiger partial charge is 0.496 e. The first kappa shape index (κ1) is 23.1. The maximum Gasteiger partial charge on any atom is 0.262 e. The fourth-order valence-corrected chi connectivity index (χ4v) is 4.84. The number of hydrogen-bond donors (Lipinski definition) is 1. The van der Waals surface area contributed by atoms with Gasteiger partial charge >= 0.3 is 0 Å². The van der Waals surface area contributed by atoms with Crippen LogP contribution in [-0.4, -0.2) is 30.5 Å². The van der Waals surface area contributed by atoms with Crippen molar-refractivity contribution in [2.45, 2.75) is 6.54 Å². The van der Waals surface area contributed by atoms with Crippen molar-refractivity contribution in [3.8, 4) is 22.8 Å².